The van der Waals surface area contributed by atoms with E-state index in [9.17, 15) is 4.79 Å². The molecule has 0 radical (unpaired) electrons. The van der Waals surface area contributed by atoms with Crippen molar-refractivity contribution in [3.05, 3.63) is 12.7 Å². The zero-order chi connectivity index (χ0) is 13.0. The Morgan fingerprint density at radius 3 is 2.61 bits per heavy atom. The fraction of sp³-hybridized carbons (Fsp3) is 0.786. The molecule has 0 saturated carbocycles. The van der Waals surface area contributed by atoms with Crippen LogP contribution in [0.5, 0.6) is 0 Å². The van der Waals surface area contributed by atoms with Crippen molar-refractivity contribution in [1.29, 1.82) is 0 Å². The first-order valence-corrected chi connectivity index (χ1v) is 7.03. The molecule has 0 aliphatic carbocycles. The van der Waals surface area contributed by atoms with E-state index < -0.39 is 0 Å². The first kappa shape index (κ1) is 13.6. The molecule has 2 heterocycles. The largest absolute Gasteiger partial charge is 0.339 e. The van der Waals surface area contributed by atoms with E-state index in [1.165, 1.54) is 6.42 Å². The number of nitrogens with one attached hydrogen (secondary N) is 1. The molecule has 0 bridgehead atoms. The van der Waals surface area contributed by atoms with Gasteiger partial charge in [-0.15, -0.1) is 6.58 Å². The van der Waals surface area contributed by atoms with Crippen LogP contribution in [0.15, 0.2) is 12.7 Å². The molecule has 0 aromatic carbocycles. The van der Waals surface area contributed by atoms with Crippen LogP contribution < -0.4 is 5.32 Å². The van der Waals surface area contributed by atoms with Gasteiger partial charge < -0.3 is 10.2 Å². The van der Waals surface area contributed by atoms with Crippen LogP contribution in [-0.2, 0) is 4.79 Å². The van der Waals surface area contributed by atoms with Crippen LogP contribution >= 0.6 is 0 Å². The Labute approximate surface area is 110 Å². The van der Waals surface area contributed by atoms with Crippen LogP contribution in [0, 0.1) is 0 Å². The average Bonchev–Trinajstić information content (AvgIpc) is 2.40. The van der Waals surface area contributed by atoms with Crippen molar-refractivity contribution in [3.8, 4) is 0 Å². The van der Waals surface area contributed by atoms with E-state index in [0.717, 1.165) is 52.1 Å². The van der Waals surface area contributed by atoms with E-state index in [2.05, 4.69) is 23.7 Å². The Kier molecular flexibility index (Phi) is 4.40. The summed E-state index contributed by atoms with van der Waals surface area (Å²) in [5.74, 6) is 0.292. The lowest BCUT2D eigenvalue weighted by molar-refractivity contribution is -0.140. The highest BCUT2D eigenvalue weighted by atomic mass is 16.2. The van der Waals surface area contributed by atoms with Crippen LogP contribution in [-0.4, -0.2) is 60.5 Å². The molecule has 102 valence electrons. The number of piperidine rings is 1. The maximum Gasteiger partial charge on any atom is 0.242 e. The highest BCUT2D eigenvalue weighted by molar-refractivity contribution is 5.86. The zero-order valence-electron chi connectivity index (χ0n) is 11.5. The van der Waals surface area contributed by atoms with Crippen LogP contribution in [0.4, 0.5) is 0 Å². The van der Waals surface area contributed by atoms with Gasteiger partial charge in [0.05, 0.1) is 5.54 Å². The van der Waals surface area contributed by atoms with Gasteiger partial charge in [-0.3, -0.25) is 9.69 Å². The van der Waals surface area contributed by atoms with Gasteiger partial charge in [0.25, 0.3) is 0 Å². The lowest BCUT2D eigenvalue weighted by Crippen LogP contribution is -2.61. The highest BCUT2D eigenvalue weighted by Gasteiger charge is 2.38. The normalized spacial score (nSPS) is 30.2. The number of nitrogens with zero attached hydrogens (tertiary/aromatic N) is 2. The Bertz CT molecular complexity index is 302. The van der Waals surface area contributed by atoms with Crippen molar-refractivity contribution < 1.29 is 4.79 Å². The second kappa shape index (κ2) is 5.85. The molecule has 4 heteroatoms. The molecule has 0 aromatic heterocycles. The van der Waals surface area contributed by atoms with Gasteiger partial charge in [-0.2, -0.15) is 0 Å². The van der Waals surface area contributed by atoms with Gasteiger partial charge >= 0.3 is 0 Å². The summed E-state index contributed by atoms with van der Waals surface area (Å²) in [4.78, 5) is 16.9. The van der Waals surface area contributed by atoms with Gasteiger partial charge in [0.1, 0.15) is 0 Å². The Hall–Kier alpha value is -0.870. The van der Waals surface area contributed by atoms with Crippen molar-refractivity contribution in [2.24, 2.45) is 0 Å². The summed E-state index contributed by atoms with van der Waals surface area (Å²) >= 11 is 0. The number of piperazine rings is 1. The molecule has 1 amide bonds. The van der Waals surface area contributed by atoms with Gasteiger partial charge in [-0.05, 0) is 32.7 Å². The monoisotopic (exact) mass is 251 g/mol. The Morgan fingerprint density at radius 2 is 2.06 bits per heavy atom. The first-order chi connectivity index (χ1) is 8.65. The molecule has 2 fully saturated rings. The quantitative estimate of drug-likeness (QED) is 0.755. The molecule has 2 aliphatic rings. The topological polar surface area (TPSA) is 35.6 Å². The lowest BCUT2D eigenvalue weighted by atomic mass is 9.89. The van der Waals surface area contributed by atoms with Gasteiger partial charge in [0, 0.05) is 32.7 Å². The molecule has 0 spiro atoms. The fourth-order valence-corrected chi connectivity index (χ4v) is 2.90. The maximum atomic E-state index is 12.6. The predicted octanol–water partition coefficient (Wildman–Crippen LogP) is 0.849. The van der Waals surface area contributed by atoms with Gasteiger partial charge in [-0.1, -0.05) is 6.08 Å². The molecule has 2 aliphatic heterocycles. The van der Waals surface area contributed by atoms with Gasteiger partial charge in [0.15, 0.2) is 0 Å². The van der Waals surface area contributed by atoms with Crippen LogP contribution in [0.2, 0.25) is 0 Å². The average molecular weight is 251 g/mol. The van der Waals surface area contributed by atoms with E-state index in [1.54, 1.807) is 0 Å². The fourth-order valence-electron chi connectivity index (χ4n) is 2.90. The first-order valence-electron chi connectivity index (χ1n) is 7.03. The third-order valence-electron chi connectivity index (χ3n) is 4.14. The van der Waals surface area contributed by atoms with Gasteiger partial charge in [0.2, 0.25) is 5.91 Å². The maximum absolute atomic E-state index is 12.6. The minimum absolute atomic E-state index is 0.292. The second-order valence-electron chi connectivity index (χ2n) is 5.60. The van der Waals surface area contributed by atoms with Crippen molar-refractivity contribution in [3.63, 3.8) is 0 Å². The van der Waals surface area contributed by atoms with Crippen LogP contribution in [0.3, 0.4) is 0 Å². The summed E-state index contributed by atoms with van der Waals surface area (Å²) in [5, 5.41) is 3.41. The summed E-state index contributed by atoms with van der Waals surface area (Å²) in [7, 11) is 0. The lowest BCUT2D eigenvalue weighted by Gasteiger charge is -2.41. The third-order valence-corrected chi connectivity index (χ3v) is 4.14. The molecule has 2 rings (SSSR count). The molecular formula is C14H25N3O. The summed E-state index contributed by atoms with van der Waals surface area (Å²) in [6, 6.07) is 0. The zero-order valence-corrected chi connectivity index (χ0v) is 11.5. The summed E-state index contributed by atoms with van der Waals surface area (Å²) < 4.78 is 0. The van der Waals surface area contributed by atoms with Crippen molar-refractivity contribution in [2.75, 3.05) is 39.3 Å². The number of carbonyl (C=O) groups excluding carboxylic acids is 1. The van der Waals surface area contributed by atoms with Crippen LogP contribution in [0.25, 0.3) is 0 Å². The van der Waals surface area contributed by atoms with Crippen molar-refractivity contribution in [2.45, 2.75) is 31.7 Å². The molecule has 1 atom stereocenters. The summed E-state index contributed by atoms with van der Waals surface area (Å²) in [6.45, 7) is 11.4. The van der Waals surface area contributed by atoms with Crippen molar-refractivity contribution >= 4 is 5.91 Å². The smallest absolute Gasteiger partial charge is 0.242 e. The minimum atomic E-state index is -0.321. The van der Waals surface area contributed by atoms with Gasteiger partial charge in [-0.25, -0.2) is 0 Å². The molecule has 2 saturated heterocycles. The SMILES string of the molecule is C=CCN1CCN(C(=O)C2(C)CCCCN2)CC1. The molecule has 4 nitrogen and oxygen atoms in total. The number of hydrogen-bond acceptors (Lipinski definition) is 3. The molecule has 1 N–H and O–H groups in total. The minimum Gasteiger partial charge on any atom is -0.339 e. The summed E-state index contributed by atoms with van der Waals surface area (Å²) in [6.07, 6.45) is 5.25. The predicted molar refractivity (Wildman–Crippen MR) is 73.5 cm³/mol. The molecule has 0 aromatic rings. The summed E-state index contributed by atoms with van der Waals surface area (Å²) in [5.41, 5.74) is -0.321. The third kappa shape index (κ3) is 2.93. The highest BCUT2D eigenvalue weighted by Crippen LogP contribution is 2.22. The number of carbonyl (C=O) groups is 1. The number of rotatable bonds is 3. The van der Waals surface area contributed by atoms with E-state index in [1.807, 2.05) is 11.0 Å². The van der Waals surface area contributed by atoms with Crippen molar-refractivity contribution in [1.82, 2.24) is 15.1 Å². The molecule has 1 unspecified atom stereocenters. The second-order valence-corrected chi connectivity index (χ2v) is 5.60. The van der Waals surface area contributed by atoms with E-state index >= 15 is 0 Å². The standard InChI is InChI=1S/C14H25N3O/c1-3-8-16-9-11-17(12-10-16)13(18)14(2)6-4-5-7-15-14/h3,15H,1,4-12H2,2H3. The Balaban J connectivity index is 1.88. The van der Waals surface area contributed by atoms with E-state index in [-0.39, 0.29) is 5.54 Å². The molecular weight excluding hydrogens is 226 g/mol. The number of amides is 1. The molecule has 18 heavy (non-hydrogen) atoms. The van der Waals surface area contributed by atoms with Crippen LogP contribution in [0.1, 0.15) is 26.2 Å². The number of hydrogen-bond donors (Lipinski definition) is 1. The van der Waals surface area contributed by atoms with E-state index in [4.69, 9.17) is 0 Å². The van der Waals surface area contributed by atoms with E-state index in [0.29, 0.717) is 5.91 Å². The Morgan fingerprint density at radius 1 is 1.33 bits per heavy atom.